The van der Waals surface area contributed by atoms with Crippen LogP contribution in [0.15, 0.2) is 47.1 Å². The highest BCUT2D eigenvalue weighted by atomic mass is 35.5. The topological polar surface area (TPSA) is 45.8 Å². The molecule has 0 fully saturated rings. The molecule has 0 aliphatic carbocycles. The molecule has 0 spiro atoms. The summed E-state index contributed by atoms with van der Waals surface area (Å²) in [5.74, 6) is 0.756. The SMILES string of the molecule is CN(Cc1ccccc1Cl)CC(O)COCc1ccco1. The number of hydrogen-bond donors (Lipinski definition) is 1. The number of rotatable bonds is 8. The van der Waals surface area contributed by atoms with E-state index in [1.54, 1.807) is 6.26 Å². The van der Waals surface area contributed by atoms with E-state index in [4.69, 9.17) is 20.8 Å². The summed E-state index contributed by atoms with van der Waals surface area (Å²) in [7, 11) is 1.94. The van der Waals surface area contributed by atoms with E-state index >= 15 is 0 Å². The lowest BCUT2D eigenvalue weighted by Gasteiger charge is -2.21. The number of likely N-dealkylation sites (N-methyl/N-ethyl adjacent to an activating group) is 1. The van der Waals surface area contributed by atoms with Gasteiger partial charge in [0.25, 0.3) is 0 Å². The van der Waals surface area contributed by atoms with Crippen LogP contribution in [0.3, 0.4) is 0 Å². The van der Waals surface area contributed by atoms with Crippen LogP contribution in [-0.2, 0) is 17.9 Å². The predicted octanol–water partition coefficient (Wildman–Crippen LogP) is 2.94. The average molecular weight is 310 g/mol. The van der Waals surface area contributed by atoms with Crippen LogP contribution in [0.2, 0.25) is 5.02 Å². The van der Waals surface area contributed by atoms with Gasteiger partial charge in [-0.2, -0.15) is 0 Å². The van der Waals surface area contributed by atoms with Gasteiger partial charge in [0.1, 0.15) is 12.4 Å². The molecule has 1 N–H and O–H groups in total. The van der Waals surface area contributed by atoms with Crippen LogP contribution in [0.1, 0.15) is 11.3 Å². The molecule has 0 aliphatic rings. The lowest BCUT2D eigenvalue weighted by Crippen LogP contribution is -2.31. The highest BCUT2D eigenvalue weighted by Gasteiger charge is 2.10. The lowest BCUT2D eigenvalue weighted by atomic mass is 10.2. The summed E-state index contributed by atoms with van der Waals surface area (Å²) >= 11 is 6.12. The predicted molar refractivity (Wildman–Crippen MR) is 82.2 cm³/mol. The third-order valence-corrected chi connectivity index (χ3v) is 3.42. The van der Waals surface area contributed by atoms with E-state index in [1.165, 1.54) is 0 Å². The van der Waals surface area contributed by atoms with Gasteiger partial charge in [0, 0.05) is 18.1 Å². The number of furan rings is 1. The van der Waals surface area contributed by atoms with Gasteiger partial charge in [0.05, 0.1) is 19.0 Å². The van der Waals surface area contributed by atoms with Crippen molar-refractivity contribution in [2.24, 2.45) is 0 Å². The van der Waals surface area contributed by atoms with E-state index in [9.17, 15) is 5.11 Å². The van der Waals surface area contributed by atoms with Crippen LogP contribution in [-0.4, -0.2) is 36.3 Å². The maximum Gasteiger partial charge on any atom is 0.129 e. The molecule has 0 aliphatic heterocycles. The molecule has 1 atom stereocenters. The van der Waals surface area contributed by atoms with Crippen molar-refractivity contribution >= 4 is 11.6 Å². The van der Waals surface area contributed by atoms with Crippen molar-refractivity contribution in [3.63, 3.8) is 0 Å². The zero-order valence-corrected chi connectivity index (χ0v) is 12.8. The molecule has 5 heteroatoms. The Hall–Kier alpha value is -1.33. The first-order valence-corrected chi connectivity index (χ1v) is 7.23. The normalized spacial score (nSPS) is 12.8. The van der Waals surface area contributed by atoms with Gasteiger partial charge >= 0.3 is 0 Å². The number of benzene rings is 1. The van der Waals surface area contributed by atoms with Gasteiger partial charge in [-0.3, -0.25) is 4.90 Å². The van der Waals surface area contributed by atoms with Crippen molar-refractivity contribution in [1.29, 1.82) is 0 Å². The number of ether oxygens (including phenoxy) is 1. The quantitative estimate of drug-likeness (QED) is 0.814. The van der Waals surface area contributed by atoms with E-state index in [2.05, 4.69) is 0 Å². The summed E-state index contributed by atoms with van der Waals surface area (Å²) < 4.78 is 10.6. The molecule has 1 unspecified atom stereocenters. The number of halogens is 1. The van der Waals surface area contributed by atoms with Crippen LogP contribution in [0.4, 0.5) is 0 Å². The minimum absolute atomic E-state index is 0.271. The molecule has 21 heavy (non-hydrogen) atoms. The Morgan fingerprint density at radius 3 is 2.81 bits per heavy atom. The van der Waals surface area contributed by atoms with E-state index < -0.39 is 6.10 Å². The standard InChI is InChI=1S/C16H20ClNO3/c1-18(9-13-5-2-3-7-16(13)17)10-14(19)11-20-12-15-6-4-8-21-15/h2-8,14,19H,9-12H2,1H3. The van der Waals surface area contributed by atoms with E-state index in [0.29, 0.717) is 19.7 Å². The zero-order valence-electron chi connectivity index (χ0n) is 12.0. The van der Waals surface area contributed by atoms with Crippen molar-refractivity contribution in [3.05, 3.63) is 59.0 Å². The maximum absolute atomic E-state index is 9.97. The first-order chi connectivity index (χ1) is 10.1. The van der Waals surface area contributed by atoms with Crippen LogP contribution in [0.25, 0.3) is 0 Å². The summed E-state index contributed by atoms with van der Waals surface area (Å²) in [6.45, 7) is 1.85. The Bertz CT molecular complexity index is 530. The second-order valence-corrected chi connectivity index (χ2v) is 5.44. The highest BCUT2D eigenvalue weighted by molar-refractivity contribution is 6.31. The number of nitrogens with zero attached hydrogens (tertiary/aromatic N) is 1. The van der Waals surface area contributed by atoms with Gasteiger partial charge in [0.2, 0.25) is 0 Å². The second-order valence-electron chi connectivity index (χ2n) is 5.04. The average Bonchev–Trinajstić information content (AvgIpc) is 2.94. The third-order valence-electron chi connectivity index (χ3n) is 3.06. The molecule has 0 saturated carbocycles. The molecule has 1 aromatic heterocycles. The summed E-state index contributed by atoms with van der Waals surface area (Å²) in [6.07, 6.45) is 1.06. The van der Waals surface area contributed by atoms with Gasteiger partial charge in [-0.1, -0.05) is 29.8 Å². The maximum atomic E-state index is 9.97. The van der Waals surface area contributed by atoms with Crippen molar-refractivity contribution in [2.45, 2.75) is 19.3 Å². The summed E-state index contributed by atoms with van der Waals surface area (Å²) in [4.78, 5) is 2.02. The molecule has 0 bridgehead atoms. The molecule has 1 aromatic carbocycles. The van der Waals surface area contributed by atoms with Crippen LogP contribution < -0.4 is 0 Å². The molecule has 2 aromatic rings. The third kappa shape index (κ3) is 5.52. The van der Waals surface area contributed by atoms with Crippen molar-refractivity contribution in [2.75, 3.05) is 20.2 Å². The first kappa shape index (κ1) is 16.0. The van der Waals surface area contributed by atoms with Crippen molar-refractivity contribution < 1.29 is 14.3 Å². The van der Waals surface area contributed by atoms with Crippen LogP contribution >= 0.6 is 11.6 Å². The Labute approximate surface area is 129 Å². The van der Waals surface area contributed by atoms with Gasteiger partial charge < -0.3 is 14.3 Å². The van der Waals surface area contributed by atoms with Gasteiger partial charge in [-0.15, -0.1) is 0 Å². The fraction of sp³-hybridized carbons (Fsp3) is 0.375. The molecule has 0 amide bonds. The van der Waals surface area contributed by atoms with Crippen LogP contribution in [0, 0.1) is 0 Å². The first-order valence-electron chi connectivity index (χ1n) is 6.85. The molecule has 1 heterocycles. The Balaban J connectivity index is 1.69. The van der Waals surface area contributed by atoms with Gasteiger partial charge in [0.15, 0.2) is 0 Å². The van der Waals surface area contributed by atoms with Crippen molar-refractivity contribution in [3.8, 4) is 0 Å². The second kappa shape index (κ2) is 8.20. The molecular formula is C16H20ClNO3. The van der Waals surface area contributed by atoms with Gasteiger partial charge in [-0.25, -0.2) is 0 Å². The van der Waals surface area contributed by atoms with E-state index in [0.717, 1.165) is 16.3 Å². The summed E-state index contributed by atoms with van der Waals surface area (Å²) in [5, 5.41) is 10.7. The molecule has 2 rings (SSSR count). The molecule has 0 saturated heterocycles. The summed E-state index contributed by atoms with van der Waals surface area (Å²) in [5.41, 5.74) is 1.05. The van der Waals surface area contributed by atoms with E-state index in [1.807, 2.05) is 48.3 Å². The monoisotopic (exact) mass is 309 g/mol. The fourth-order valence-corrected chi connectivity index (χ4v) is 2.28. The Kier molecular flexibility index (Phi) is 6.26. The minimum Gasteiger partial charge on any atom is -0.467 e. The Morgan fingerprint density at radius 2 is 2.10 bits per heavy atom. The zero-order chi connectivity index (χ0) is 15.1. The fourth-order valence-electron chi connectivity index (χ4n) is 2.08. The summed E-state index contributed by atoms with van der Waals surface area (Å²) in [6, 6.07) is 11.4. The van der Waals surface area contributed by atoms with Gasteiger partial charge in [-0.05, 0) is 30.8 Å². The highest BCUT2D eigenvalue weighted by Crippen LogP contribution is 2.16. The number of aliphatic hydroxyl groups is 1. The number of aliphatic hydroxyl groups excluding tert-OH is 1. The van der Waals surface area contributed by atoms with Crippen molar-refractivity contribution in [1.82, 2.24) is 4.90 Å². The molecular weight excluding hydrogens is 290 g/mol. The minimum atomic E-state index is -0.549. The van der Waals surface area contributed by atoms with Crippen LogP contribution in [0.5, 0.6) is 0 Å². The molecule has 114 valence electrons. The molecule has 0 radical (unpaired) electrons. The smallest absolute Gasteiger partial charge is 0.129 e. The lowest BCUT2D eigenvalue weighted by molar-refractivity contribution is 0.00768. The van der Waals surface area contributed by atoms with E-state index in [-0.39, 0.29) is 6.61 Å². The number of hydrogen-bond acceptors (Lipinski definition) is 4. The largest absolute Gasteiger partial charge is 0.467 e. The molecule has 4 nitrogen and oxygen atoms in total. The Morgan fingerprint density at radius 1 is 1.29 bits per heavy atom.